The van der Waals surface area contributed by atoms with Crippen molar-refractivity contribution in [3.63, 3.8) is 0 Å². The molecule has 0 aliphatic rings. The van der Waals surface area contributed by atoms with Gasteiger partial charge in [0, 0.05) is 17.7 Å². The molecular formula is C32H30F6N4O2. The van der Waals surface area contributed by atoms with E-state index >= 15 is 0 Å². The van der Waals surface area contributed by atoms with Crippen LogP contribution < -0.4 is 5.32 Å². The highest BCUT2D eigenvalue weighted by Crippen LogP contribution is 2.37. The summed E-state index contributed by atoms with van der Waals surface area (Å²) in [5.41, 5.74) is -0.546. The average molecular weight is 617 g/mol. The van der Waals surface area contributed by atoms with Gasteiger partial charge in [-0.2, -0.15) is 31.4 Å². The smallest absolute Gasteiger partial charge is 0.329 e. The SMILES string of the molecule is CCCCN(CC(=O)Nc1c(-c2ccccc2)c(C)nn1-c1ccccc1C)C(=O)c1cc(C(F)(F)F)cc(C(F)(F)F)c1. The first kappa shape index (κ1) is 32.3. The van der Waals surface area contributed by atoms with E-state index in [2.05, 4.69) is 10.4 Å². The van der Waals surface area contributed by atoms with E-state index in [1.807, 2.05) is 61.5 Å². The second-order valence-corrected chi connectivity index (χ2v) is 10.3. The predicted molar refractivity (Wildman–Crippen MR) is 154 cm³/mol. The topological polar surface area (TPSA) is 67.2 Å². The number of carbonyl (C=O) groups excluding carboxylic acids is 2. The van der Waals surface area contributed by atoms with E-state index in [0.717, 1.165) is 16.0 Å². The highest BCUT2D eigenvalue weighted by Gasteiger charge is 2.38. The highest BCUT2D eigenvalue weighted by molar-refractivity contribution is 6.01. The minimum atomic E-state index is -5.12. The van der Waals surface area contributed by atoms with Crippen molar-refractivity contribution in [3.05, 3.63) is 101 Å². The van der Waals surface area contributed by atoms with Crippen molar-refractivity contribution in [3.8, 4) is 16.8 Å². The Morgan fingerprint density at radius 1 is 0.864 bits per heavy atom. The van der Waals surface area contributed by atoms with Crippen molar-refractivity contribution in [1.29, 1.82) is 0 Å². The molecule has 1 N–H and O–H groups in total. The van der Waals surface area contributed by atoms with Crippen LogP contribution in [0.2, 0.25) is 0 Å². The number of benzene rings is 3. The molecule has 0 atom stereocenters. The van der Waals surface area contributed by atoms with Crippen molar-refractivity contribution in [1.82, 2.24) is 14.7 Å². The molecule has 0 fully saturated rings. The summed E-state index contributed by atoms with van der Waals surface area (Å²) in [6.07, 6.45) is -9.33. The molecule has 1 heterocycles. The largest absolute Gasteiger partial charge is 0.416 e. The number of hydrogen-bond donors (Lipinski definition) is 1. The molecule has 44 heavy (non-hydrogen) atoms. The summed E-state index contributed by atoms with van der Waals surface area (Å²) in [5, 5.41) is 7.47. The quantitative estimate of drug-likeness (QED) is 0.194. The third-order valence-corrected chi connectivity index (χ3v) is 6.96. The van der Waals surface area contributed by atoms with Crippen LogP contribution in [0.1, 0.15) is 52.5 Å². The van der Waals surface area contributed by atoms with Crippen LogP contribution in [0.25, 0.3) is 16.8 Å². The van der Waals surface area contributed by atoms with E-state index in [1.165, 1.54) is 0 Å². The van der Waals surface area contributed by atoms with E-state index < -0.39 is 47.4 Å². The number of para-hydroxylation sites is 1. The van der Waals surface area contributed by atoms with Gasteiger partial charge in [-0.15, -0.1) is 0 Å². The second kappa shape index (κ2) is 12.9. The van der Waals surface area contributed by atoms with Crippen LogP contribution in [0.4, 0.5) is 32.2 Å². The number of rotatable bonds is 9. The van der Waals surface area contributed by atoms with Crippen LogP contribution in [-0.4, -0.2) is 39.6 Å². The van der Waals surface area contributed by atoms with Crippen LogP contribution in [0, 0.1) is 13.8 Å². The highest BCUT2D eigenvalue weighted by atomic mass is 19.4. The maximum Gasteiger partial charge on any atom is 0.416 e. The fourth-order valence-electron chi connectivity index (χ4n) is 4.78. The third kappa shape index (κ3) is 7.29. The van der Waals surface area contributed by atoms with Crippen molar-refractivity contribution >= 4 is 17.6 Å². The number of aryl methyl sites for hydroxylation is 2. The monoisotopic (exact) mass is 616 g/mol. The van der Waals surface area contributed by atoms with Crippen LogP contribution in [-0.2, 0) is 17.1 Å². The Bertz CT molecular complexity index is 1610. The zero-order valence-corrected chi connectivity index (χ0v) is 24.2. The molecule has 3 aromatic carbocycles. The number of alkyl halides is 6. The van der Waals surface area contributed by atoms with Gasteiger partial charge in [0.2, 0.25) is 5.91 Å². The van der Waals surface area contributed by atoms with Crippen molar-refractivity contribution < 1.29 is 35.9 Å². The number of unbranched alkanes of at least 4 members (excludes halogenated alkanes) is 1. The lowest BCUT2D eigenvalue weighted by Crippen LogP contribution is -2.39. The van der Waals surface area contributed by atoms with Crippen LogP contribution in [0.3, 0.4) is 0 Å². The molecule has 12 heteroatoms. The summed E-state index contributed by atoms with van der Waals surface area (Å²) in [6.45, 7) is 4.75. The first-order valence-electron chi connectivity index (χ1n) is 13.8. The zero-order chi connectivity index (χ0) is 32.2. The van der Waals surface area contributed by atoms with E-state index in [-0.39, 0.29) is 12.6 Å². The van der Waals surface area contributed by atoms with E-state index in [9.17, 15) is 35.9 Å². The number of nitrogens with one attached hydrogen (secondary N) is 1. The third-order valence-electron chi connectivity index (χ3n) is 6.96. The number of hydrogen-bond acceptors (Lipinski definition) is 3. The molecule has 4 rings (SSSR count). The number of amides is 2. The van der Waals surface area contributed by atoms with E-state index in [0.29, 0.717) is 47.7 Å². The summed E-state index contributed by atoms with van der Waals surface area (Å²) in [6, 6.07) is 17.2. The standard InChI is InChI=1S/C32H30F6N4O2/c1-4-5-15-41(30(44)23-16-24(31(33,34)35)18-25(17-23)32(36,37)38)19-27(43)39-29-28(22-12-7-6-8-13-22)21(3)40-42(29)26-14-10-9-11-20(26)2/h6-14,16-18H,4-5,15,19H2,1-3H3,(H,39,43). The molecule has 1 aromatic heterocycles. The average Bonchev–Trinajstić information content (AvgIpc) is 3.29. The molecule has 0 saturated heterocycles. The fraction of sp³-hybridized carbons (Fsp3) is 0.281. The lowest BCUT2D eigenvalue weighted by Gasteiger charge is -2.24. The minimum absolute atomic E-state index is 0.0416. The van der Waals surface area contributed by atoms with Gasteiger partial charge >= 0.3 is 12.4 Å². The van der Waals surface area contributed by atoms with Gasteiger partial charge in [0.1, 0.15) is 12.4 Å². The van der Waals surface area contributed by atoms with Gasteiger partial charge in [0.05, 0.1) is 22.5 Å². The predicted octanol–water partition coefficient (Wildman–Crippen LogP) is 8.07. The maximum atomic E-state index is 13.5. The summed E-state index contributed by atoms with van der Waals surface area (Å²) in [7, 11) is 0. The van der Waals surface area contributed by atoms with Crippen LogP contribution in [0.15, 0.2) is 72.8 Å². The normalized spacial score (nSPS) is 11.8. The molecular weight excluding hydrogens is 586 g/mol. The van der Waals surface area contributed by atoms with Crippen LogP contribution >= 0.6 is 0 Å². The second-order valence-electron chi connectivity index (χ2n) is 10.3. The van der Waals surface area contributed by atoms with Crippen molar-refractivity contribution in [2.75, 3.05) is 18.4 Å². The Morgan fingerprint density at radius 2 is 1.45 bits per heavy atom. The molecule has 0 saturated carbocycles. The maximum absolute atomic E-state index is 13.5. The Kier molecular flexibility index (Phi) is 9.50. The Morgan fingerprint density at radius 3 is 2.02 bits per heavy atom. The summed E-state index contributed by atoms with van der Waals surface area (Å²) < 4.78 is 82.4. The van der Waals surface area contributed by atoms with Gasteiger partial charge in [-0.3, -0.25) is 9.59 Å². The molecule has 0 spiro atoms. The van der Waals surface area contributed by atoms with Gasteiger partial charge in [0.25, 0.3) is 5.91 Å². The Labute approximate surface area is 250 Å². The zero-order valence-electron chi connectivity index (χ0n) is 24.2. The lowest BCUT2D eigenvalue weighted by molar-refractivity contribution is -0.143. The minimum Gasteiger partial charge on any atom is -0.329 e. The number of carbonyl (C=O) groups is 2. The van der Waals surface area contributed by atoms with Gasteiger partial charge in [0.15, 0.2) is 0 Å². The molecule has 232 valence electrons. The van der Waals surface area contributed by atoms with E-state index in [4.69, 9.17) is 0 Å². The number of aromatic nitrogens is 2. The molecule has 4 aromatic rings. The van der Waals surface area contributed by atoms with E-state index in [1.54, 1.807) is 18.5 Å². The van der Waals surface area contributed by atoms with Gasteiger partial charge in [-0.05, 0) is 55.7 Å². The first-order chi connectivity index (χ1) is 20.7. The van der Waals surface area contributed by atoms with Gasteiger partial charge in [-0.1, -0.05) is 61.9 Å². The molecule has 0 aliphatic heterocycles. The summed E-state index contributed by atoms with van der Waals surface area (Å²) in [4.78, 5) is 27.9. The molecule has 0 aliphatic carbocycles. The number of halogens is 6. The van der Waals surface area contributed by atoms with Gasteiger partial charge in [-0.25, -0.2) is 4.68 Å². The van der Waals surface area contributed by atoms with Crippen molar-refractivity contribution in [2.24, 2.45) is 0 Å². The van der Waals surface area contributed by atoms with Crippen LogP contribution in [0.5, 0.6) is 0 Å². The molecule has 2 amide bonds. The molecule has 0 unspecified atom stereocenters. The Balaban J connectivity index is 1.73. The van der Waals surface area contributed by atoms with Gasteiger partial charge < -0.3 is 10.2 Å². The fourth-order valence-corrected chi connectivity index (χ4v) is 4.78. The van der Waals surface area contributed by atoms with Crippen molar-refractivity contribution in [2.45, 2.75) is 46.0 Å². The first-order valence-corrected chi connectivity index (χ1v) is 13.8. The molecule has 0 bridgehead atoms. The summed E-state index contributed by atoms with van der Waals surface area (Å²) in [5.74, 6) is -1.53. The number of anilines is 1. The molecule has 6 nitrogen and oxygen atoms in total. The Hall–Kier alpha value is -4.61. The number of nitrogens with zero attached hydrogens (tertiary/aromatic N) is 3. The summed E-state index contributed by atoms with van der Waals surface area (Å²) >= 11 is 0. The molecule has 0 radical (unpaired) electrons. The lowest BCUT2D eigenvalue weighted by atomic mass is 10.0.